The Labute approximate surface area is 119 Å². The van der Waals surface area contributed by atoms with Gasteiger partial charge >= 0.3 is 0 Å². The normalized spacial score (nSPS) is 17.2. The number of nitrogens with one attached hydrogen (secondary N) is 1. The Morgan fingerprint density at radius 2 is 2.20 bits per heavy atom. The minimum absolute atomic E-state index is 0.424. The first-order chi connectivity index (χ1) is 9.72. The monoisotopic (exact) mass is 272 g/mol. The molecule has 0 fully saturated rings. The van der Waals surface area contributed by atoms with Gasteiger partial charge in [-0.15, -0.1) is 0 Å². The van der Waals surface area contributed by atoms with E-state index in [-0.39, 0.29) is 0 Å². The fraction of sp³-hybridized carbons (Fsp3) is 0.467. The van der Waals surface area contributed by atoms with Crippen molar-refractivity contribution >= 4 is 5.69 Å². The summed E-state index contributed by atoms with van der Waals surface area (Å²) in [6.07, 6.45) is 1.63. The number of benzene rings is 1. The van der Waals surface area contributed by atoms with Crippen LogP contribution in [0.3, 0.4) is 0 Å². The highest BCUT2D eigenvalue weighted by Crippen LogP contribution is 2.32. The van der Waals surface area contributed by atoms with Gasteiger partial charge in [0, 0.05) is 37.5 Å². The molecule has 0 radical (unpaired) electrons. The summed E-state index contributed by atoms with van der Waals surface area (Å²) < 4.78 is 5.37. The minimum Gasteiger partial charge on any atom is -0.384 e. The van der Waals surface area contributed by atoms with Crippen LogP contribution in [0.5, 0.6) is 0 Å². The van der Waals surface area contributed by atoms with Crippen LogP contribution in [0.15, 0.2) is 28.8 Å². The molecular weight excluding hydrogens is 252 g/mol. The summed E-state index contributed by atoms with van der Waals surface area (Å²) in [5.41, 5.74) is 2.57. The maximum atomic E-state index is 5.37. The van der Waals surface area contributed by atoms with Crippen molar-refractivity contribution < 1.29 is 4.52 Å². The van der Waals surface area contributed by atoms with Gasteiger partial charge in [0.15, 0.2) is 5.82 Å². The highest BCUT2D eigenvalue weighted by molar-refractivity contribution is 5.57. The lowest BCUT2D eigenvalue weighted by molar-refractivity contribution is 0.360. The maximum Gasteiger partial charge on any atom is 0.227 e. The lowest BCUT2D eigenvalue weighted by atomic mass is 9.98. The Morgan fingerprint density at radius 1 is 1.35 bits per heavy atom. The number of rotatable bonds is 5. The van der Waals surface area contributed by atoms with Crippen molar-refractivity contribution in [2.24, 2.45) is 0 Å². The molecule has 5 heteroatoms. The molecule has 20 heavy (non-hydrogen) atoms. The van der Waals surface area contributed by atoms with Crippen LogP contribution >= 0.6 is 0 Å². The first-order valence-corrected chi connectivity index (χ1v) is 7.01. The summed E-state index contributed by atoms with van der Waals surface area (Å²) >= 11 is 0. The number of nitrogens with zero attached hydrogens (tertiary/aromatic N) is 3. The van der Waals surface area contributed by atoms with E-state index in [1.165, 1.54) is 11.3 Å². The fourth-order valence-electron chi connectivity index (χ4n) is 2.55. The second kappa shape index (κ2) is 5.63. The Kier molecular flexibility index (Phi) is 3.69. The van der Waals surface area contributed by atoms with Gasteiger partial charge in [-0.3, -0.25) is 0 Å². The van der Waals surface area contributed by atoms with Gasteiger partial charge in [0.2, 0.25) is 5.89 Å². The number of fused-ring (bicyclic) bond motifs is 1. The molecule has 0 saturated carbocycles. The number of hydrogen-bond acceptors (Lipinski definition) is 5. The molecule has 2 aromatic rings. The summed E-state index contributed by atoms with van der Waals surface area (Å²) in [5, 5.41) is 7.47. The fourth-order valence-corrected chi connectivity index (χ4v) is 2.55. The van der Waals surface area contributed by atoms with E-state index in [1.807, 2.05) is 14.1 Å². The summed E-state index contributed by atoms with van der Waals surface area (Å²) in [4.78, 5) is 6.60. The van der Waals surface area contributed by atoms with Crippen molar-refractivity contribution in [3.63, 3.8) is 0 Å². The zero-order valence-electron chi connectivity index (χ0n) is 12.0. The Morgan fingerprint density at radius 3 is 3.05 bits per heavy atom. The van der Waals surface area contributed by atoms with Crippen molar-refractivity contribution in [3.8, 4) is 0 Å². The van der Waals surface area contributed by atoms with E-state index in [2.05, 4.69) is 44.6 Å². The number of likely N-dealkylation sites (N-methyl/N-ethyl adjacent to an activating group) is 1. The molecule has 0 bridgehead atoms. The van der Waals surface area contributed by atoms with Crippen LogP contribution in [0.2, 0.25) is 0 Å². The van der Waals surface area contributed by atoms with E-state index >= 15 is 0 Å². The molecule has 5 nitrogen and oxygen atoms in total. The topological polar surface area (TPSA) is 54.2 Å². The molecule has 1 N–H and O–H groups in total. The van der Waals surface area contributed by atoms with Crippen molar-refractivity contribution in [2.75, 3.05) is 32.5 Å². The van der Waals surface area contributed by atoms with Crippen LogP contribution in [0.1, 0.15) is 23.2 Å². The average Bonchev–Trinajstić information content (AvgIpc) is 3.05. The van der Waals surface area contributed by atoms with Crippen LogP contribution in [-0.2, 0) is 12.8 Å². The highest BCUT2D eigenvalue weighted by Gasteiger charge is 2.24. The van der Waals surface area contributed by atoms with Gasteiger partial charge in [-0.2, -0.15) is 4.98 Å². The second-order valence-electron chi connectivity index (χ2n) is 5.53. The van der Waals surface area contributed by atoms with Gasteiger partial charge in [-0.1, -0.05) is 23.4 Å². The molecular formula is C15H20N4O. The molecule has 1 unspecified atom stereocenters. The van der Waals surface area contributed by atoms with Crippen molar-refractivity contribution in [2.45, 2.75) is 18.8 Å². The standard InChI is InChI=1S/C15H20N4O/c1-19(2)8-7-14-17-15(20-18-14)9-11-10-16-13-6-4-3-5-12(11)13/h3-6,11,16H,7-10H2,1-2H3. The minimum atomic E-state index is 0.424. The molecule has 2 heterocycles. The zero-order chi connectivity index (χ0) is 13.9. The Hall–Kier alpha value is -1.88. The van der Waals surface area contributed by atoms with E-state index in [9.17, 15) is 0 Å². The third-order valence-electron chi connectivity index (χ3n) is 3.65. The summed E-state index contributed by atoms with van der Waals surface area (Å²) in [6, 6.07) is 8.42. The van der Waals surface area contributed by atoms with E-state index in [0.29, 0.717) is 5.92 Å². The predicted molar refractivity (Wildman–Crippen MR) is 77.9 cm³/mol. The smallest absolute Gasteiger partial charge is 0.227 e. The maximum absolute atomic E-state index is 5.37. The Balaban J connectivity index is 1.64. The Bertz CT molecular complexity index is 579. The third kappa shape index (κ3) is 2.82. The first kappa shape index (κ1) is 13.1. The molecule has 1 aromatic carbocycles. The molecule has 106 valence electrons. The van der Waals surface area contributed by atoms with Gasteiger partial charge < -0.3 is 14.7 Å². The highest BCUT2D eigenvalue weighted by atomic mass is 16.5. The number of aromatic nitrogens is 2. The third-order valence-corrected chi connectivity index (χ3v) is 3.65. The number of para-hydroxylation sites is 1. The van der Waals surface area contributed by atoms with Gasteiger partial charge in [0.05, 0.1) is 0 Å². The number of anilines is 1. The largest absolute Gasteiger partial charge is 0.384 e. The molecule has 1 aliphatic rings. The summed E-state index contributed by atoms with van der Waals surface area (Å²) in [7, 11) is 4.09. The van der Waals surface area contributed by atoms with Crippen LogP contribution in [-0.4, -0.2) is 42.2 Å². The summed E-state index contributed by atoms with van der Waals surface area (Å²) in [6.45, 7) is 1.88. The predicted octanol–water partition coefficient (Wildman–Crippen LogP) is 1.93. The SMILES string of the molecule is CN(C)CCc1noc(CC2CNc3ccccc32)n1. The summed E-state index contributed by atoms with van der Waals surface area (Å²) in [5.74, 6) is 1.96. The van der Waals surface area contributed by atoms with Gasteiger partial charge in [-0.25, -0.2) is 0 Å². The molecule has 3 rings (SSSR count). The molecule has 1 aromatic heterocycles. The van der Waals surface area contributed by atoms with Gasteiger partial charge in [-0.05, 0) is 25.7 Å². The van der Waals surface area contributed by atoms with E-state index in [0.717, 1.165) is 37.6 Å². The molecule has 0 aliphatic carbocycles. The zero-order valence-corrected chi connectivity index (χ0v) is 12.0. The van der Waals surface area contributed by atoms with Gasteiger partial charge in [0.1, 0.15) is 0 Å². The van der Waals surface area contributed by atoms with Crippen LogP contribution in [0.25, 0.3) is 0 Å². The van der Waals surface area contributed by atoms with Crippen molar-refractivity contribution in [3.05, 3.63) is 41.5 Å². The van der Waals surface area contributed by atoms with Crippen LogP contribution in [0.4, 0.5) is 5.69 Å². The lowest BCUT2D eigenvalue weighted by Crippen LogP contribution is -2.15. The molecule has 0 saturated heterocycles. The quantitative estimate of drug-likeness (QED) is 0.901. The molecule has 0 amide bonds. The van der Waals surface area contributed by atoms with E-state index in [4.69, 9.17) is 4.52 Å². The van der Waals surface area contributed by atoms with Crippen molar-refractivity contribution in [1.82, 2.24) is 15.0 Å². The van der Waals surface area contributed by atoms with Crippen molar-refractivity contribution in [1.29, 1.82) is 0 Å². The average molecular weight is 272 g/mol. The number of hydrogen-bond donors (Lipinski definition) is 1. The van der Waals surface area contributed by atoms with Gasteiger partial charge in [0.25, 0.3) is 0 Å². The van der Waals surface area contributed by atoms with E-state index < -0.39 is 0 Å². The lowest BCUT2D eigenvalue weighted by Gasteiger charge is -2.06. The first-order valence-electron chi connectivity index (χ1n) is 7.01. The molecule has 0 spiro atoms. The molecule has 1 atom stereocenters. The van der Waals surface area contributed by atoms with Crippen LogP contribution < -0.4 is 5.32 Å². The second-order valence-corrected chi connectivity index (χ2v) is 5.53. The molecule has 1 aliphatic heterocycles. The van der Waals surface area contributed by atoms with Crippen LogP contribution in [0, 0.1) is 0 Å². The van der Waals surface area contributed by atoms with E-state index in [1.54, 1.807) is 0 Å².